The zero-order valence-electron chi connectivity index (χ0n) is 20.6. The van der Waals surface area contributed by atoms with Crippen LogP contribution in [0.1, 0.15) is 90.0 Å². The number of rotatable bonds is 17. The minimum Gasteiger partial charge on any atom is -0.481 e. The van der Waals surface area contributed by atoms with Crippen molar-refractivity contribution in [3.05, 3.63) is 29.8 Å². The van der Waals surface area contributed by atoms with E-state index in [0.717, 1.165) is 12.1 Å². The highest BCUT2D eigenvalue weighted by Gasteiger charge is 2.06. The van der Waals surface area contributed by atoms with Crippen molar-refractivity contribution in [2.24, 2.45) is 0 Å². The molecule has 1 unspecified atom stereocenters. The van der Waals surface area contributed by atoms with Crippen LogP contribution in [0.4, 0.5) is 5.69 Å². The largest absolute Gasteiger partial charge is 0.481 e. The van der Waals surface area contributed by atoms with Crippen LogP contribution < -0.4 is 14.3 Å². The van der Waals surface area contributed by atoms with E-state index in [1.165, 1.54) is 86.8 Å². The van der Waals surface area contributed by atoms with Crippen molar-refractivity contribution in [2.75, 3.05) is 25.9 Å². The van der Waals surface area contributed by atoms with Crippen LogP contribution in [0.25, 0.3) is 0 Å². The third-order valence-corrected chi connectivity index (χ3v) is 5.54. The molecule has 1 atom stereocenters. The Hall–Kier alpha value is -1.24. The topological polar surface area (TPSA) is 65.8 Å². The van der Waals surface area contributed by atoms with Gasteiger partial charge in [0.25, 0.3) is 0 Å². The van der Waals surface area contributed by atoms with Crippen LogP contribution in [0, 0.1) is 0 Å². The molecule has 1 aromatic rings. The lowest BCUT2D eigenvalue weighted by Gasteiger charge is -2.11. The van der Waals surface area contributed by atoms with Crippen LogP contribution >= 0.6 is 12.1 Å². The zero-order chi connectivity index (χ0) is 23.3. The number of carboxylic acid groups (broad SMARTS) is 1. The lowest BCUT2D eigenvalue weighted by Crippen LogP contribution is -3.02. The van der Waals surface area contributed by atoms with E-state index in [1.54, 1.807) is 0 Å². The summed E-state index contributed by atoms with van der Waals surface area (Å²) in [5, 5.41) is 8.73. The monoisotopic (exact) mass is 454 g/mol. The first-order chi connectivity index (χ1) is 14.8. The van der Waals surface area contributed by atoms with Gasteiger partial charge in [-0.2, -0.15) is 0 Å². The minimum atomic E-state index is -0.785. The predicted molar refractivity (Wildman–Crippen MR) is 137 cm³/mol. The number of hydrogen-bond acceptors (Lipinski definition) is 4. The first-order valence-corrected chi connectivity index (χ1v) is 12.9. The quantitative estimate of drug-likeness (QED) is 0.189. The highest BCUT2D eigenvalue weighted by atomic mass is 32.2. The smallest absolute Gasteiger partial charge is 0.304 e. The molecular formula is C25H48N3O2S+. The predicted octanol–water partition coefficient (Wildman–Crippen LogP) is 5.34. The Morgan fingerprint density at radius 2 is 1.42 bits per heavy atom. The average Bonchev–Trinajstić information content (AvgIpc) is 2.69. The maximum Gasteiger partial charge on any atom is 0.304 e. The maximum atomic E-state index is 10.6. The molecule has 4 N–H and O–H groups in total. The molecule has 5 nitrogen and oxygen atoms in total. The summed E-state index contributed by atoms with van der Waals surface area (Å²) in [4.78, 5) is 12.0. The summed E-state index contributed by atoms with van der Waals surface area (Å²) in [6.45, 7) is 4.13. The van der Waals surface area contributed by atoms with Gasteiger partial charge in [0.2, 0.25) is 0 Å². The van der Waals surface area contributed by atoms with E-state index in [-0.39, 0.29) is 12.5 Å². The molecule has 0 aliphatic rings. The van der Waals surface area contributed by atoms with Gasteiger partial charge in [-0.3, -0.25) is 4.79 Å². The van der Waals surface area contributed by atoms with Gasteiger partial charge in [-0.15, -0.1) is 0 Å². The van der Waals surface area contributed by atoms with E-state index in [9.17, 15) is 4.79 Å². The Kier molecular flexibility index (Phi) is 19.8. The van der Waals surface area contributed by atoms with Crippen LogP contribution in [0.5, 0.6) is 0 Å². The number of carbonyl (C=O) groups is 1. The summed E-state index contributed by atoms with van der Waals surface area (Å²) >= 11 is 1.33. The van der Waals surface area contributed by atoms with Crippen LogP contribution in [-0.4, -0.2) is 38.3 Å². The van der Waals surface area contributed by atoms with Crippen LogP contribution in [0.2, 0.25) is 0 Å². The van der Waals surface area contributed by atoms with Crippen molar-refractivity contribution in [2.45, 2.75) is 96.9 Å². The van der Waals surface area contributed by atoms with Gasteiger partial charge in [-0.1, -0.05) is 76.8 Å². The molecule has 180 valence electrons. The second-order valence-corrected chi connectivity index (χ2v) is 9.59. The van der Waals surface area contributed by atoms with Gasteiger partial charge in [0, 0.05) is 23.9 Å². The van der Waals surface area contributed by atoms with Crippen LogP contribution in [-0.2, 0) is 11.2 Å². The average molecular weight is 455 g/mol. The molecule has 1 rings (SSSR count). The number of carboxylic acids is 1. The summed E-state index contributed by atoms with van der Waals surface area (Å²) in [5.41, 5.74) is 2.42. The molecule has 0 radical (unpaired) electrons. The fourth-order valence-corrected chi connectivity index (χ4v) is 3.65. The molecular weight excluding hydrogens is 406 g/mol. The van der Waals surface area contributed by atoms with Gasteiger partial charge in [0.05, 0.1) is 27.6 Å². The van der Waals surface area contributed by atoms with Gasteiger partial charge in [-0.25, -0.2) is 4.72 Å². The number of unbranched alkanes of at least 4 members (excludes halogenated alkanes) is 9. The lowest BCUT2D eigenvalue weighted by molar-refractivity contribution is -0.836. The molecule has 0 spiro atoms. The molecule has 0 bridgehead atoms. The van der Waals surface area contributed by atoms with Gasteiger partial charge in [-0.05, 0) is 37.5 Å². The summed E-state index contributed by atoms with van der Waals surface area (Å²) in [7, 11) is 6.25. The summed E-state index contributed by atoms with van der Waals surface area (Å²) in [5.74, 6) is -0.785. The minimum absolute atomic E-state index is 0.0735. The first-order valence-electron chi connectivity index (χ1n) is 12.1. The molecule has 6 heteroatoms. The second-order valence-electron chi connectivity index (χ2n) is 8.95. The van der Waals surface area contributed by atoms with E-state index < -0.39 is 5.97 Å². The van der Waals surface area contributed by atoms with Crippen molar-refractivity contribution in [1.29, 1.82) is 0 Å². The summed E-state index contributed by atoms with van der Waals surface area (Å²) < 4.78 is 6.27. The lowest BCUT2D eigenvalue weighted by atomic mass is 10.0. The molecule has 1 aromatic carbocycles. The van der Waals surface area contributed by atoms with E-state index >= 15 is 0 Å². The number of benzene rings is 1. The molecule has 31 heavy (non-hydrogen) atoms. The molecule has 0 aliphatic carbocycles. The number of aryl methyl sites for hydroxylation is 1. The molecule has 0 fully saturated rings. The Balaban J connectivity index is 0.00000206. The Morgan fingerprint density at radius 3 is 1.90 bits per heavy atom. The Morgan fingerprint density at radius 1 is 0.935 bits per heavy atom. The van der Waals surface area contributed by atoms with Crippen molar-refractivity contribution < 1.29 is 14.8 Å². The van der Waals surface area contributed by atoms with Gasteiger partial charge in [0.15, 0.2) is 0 Å². The van der Waals surface area contributed by atoms with E-state index in [1.807, 2.05) is 6.92 Å². The van der Waals surface area contributed by atoms with E-state index in [4.69, 9.17) is 5.11 Å². The number of anilines is 1. The van der Waals surface area contributed by atoms with E-state index in [0.29, 0.717) is 0 Å². The normalized spacial score (nSPS) is 11.7. The molecule has 0 aliphatic heterocycles. The Labute approximate surface area is 196 Å². The zero-order valence-corrected chi connectivity index (χ0v) is 21.5. The summed E-state index contributed by atoms with van der Waals surface area (Å²) in [6.07, 6.45) is 15.0. The highest BCUT2D eigenvalue weighted by molar-refractivity contribution is 7.98. The van der Waals surface area contributed by atoms with E-state index in [2.05, 4.69) is 61.8 Å². The second kappa shape index (κ2) is 20.7. The third-order valence-electron chi connectivity index (χ3n) is 4.68. The fourth-order valence-electron chi connectivity index (χ4n) is 3.05. The van der Waals surface area contributed by atoms with Gasteiger partial charge < -0.3 is 14.7 Å². The van der Waals surface area contributed by atoms with Gasteiger partial charge in [0.1, 0.15) is 0 Å². The maximum absolute atomic E-state index is 10.6. The number of hydrogen-bond donors (Lipinski definition) is 4. The van der Waals surface area contributed by atoms with Crippen molar-refractivity contribution >= 4 is 23.8 Å². The van der Waals surface area contributed by atoms with Crippen LogP contribution in [0.3, 0.4) is 0 Å². The molecule has 0 aromatic heterocycles. The molecule has 0 amide bonds. The van der Waals surface area contributed by atoms with Crippen LogP contribution in [0.15, 0.2) is 24.3 Å². The van der Waals surface area contributed by atoms with Gasteiger partial charge >= 0.3 is 5.97 Å². The number of quaternary nitrogens is 1. The van der Waals surface area contributed by atoms with Crippen molar-refractivity contribution in [3.63, 3.8) is 0 Å². The first kappa shape index (κ1) is 29.8. The SMILES string of the molecule is CCCCCCCCCCCCc1ccc(NSNC(C)CC(=O)O)cc1.C[NH+](C)C. The number of nitrogens with one attached hydrogen (secondary N) is 3. The standard InChI is InChI=1S/C22H38N2O2S.C3H9N/c1-3-4-5-6-7-8-9-10-11-12-13-20-14-16-21(17-15-20)24-27-23-19(2)18-22(25)26;1-4(2)3/h14-17,19,23-24H,3-13,18H2,1-2H3,(H,25,26);1-3H3/p+1. The highest BCUT2D eigenvalue weighted by Crippen LogP contribution is 2.16. The fraction of sp³-hybridized carbons (Fsp3) is 0.720. The molecule has 0 heterocycles. The van der Waals surface area contributed by atoms with Crippen molar-refractivity contribution in [1.82, 2.24) is 4.72 Å². The summed E-state index contributed by atoms with van der Waals surface area (Å²) in [6, 6.07) is 8.45. The molecule has 0 saturated heterocycles. The Bertz CT molecular complexity index is 535. The molecule has 0 saturated carbocycles. The third kappa shape index (κ3) is 21.8. The van der Waals surface area contributed by atoms with Crippen molar-refractivity contribution in [3.8, 4) is 0 Å². The number of aliphatic carboxylic acids is 1.